The fraction of sp³-hybridized carbons (Fsp3) is 0.300. The zero-order chi connectivity index (χ0) is 18.4. The number of primary amides is 1. The molecule has 3 rings (SSSR count). The third-order valence-electron chi connectivity index (χ3n) is 4.21. The summed E-state index contributed by atoms with van der Waals surface area (Å²) in [6.07, 6.45) is 4.98. The molecule has 0 aromatic heterocycles. The minimum atomic E-state index is -0.549. The van der Waals surface area contributed by atoms with E-state index >= 15 is 0 Å². The van der Waals surface area contributed by atoms with Crippen molar-refractivity contribution in [3.63, 3.8) is 0 Å². The molecule has 1 saturated carbocycles. The summed E-state index contributed by atoms with van der Waals surface area (Å²) in [5.74, 6) is 0.530. The number of rotatable bonds is 7. The largest absolute Gasteiger partial charge is 0.490 e. The Labute approximate surface area is 152 Å². The van der Waals surface area contributed by atoms with Crippen LogP contribution in [0.5, 0.6) is 11.5 Å². The molecule has 1 aliphatic rings. The Kier molecular flexibility index (Phi) is 5.73. The van der Waals surface area contributed by atoms with Gasteiger partial charge in [0.25, 0.3) is 11.8 Å². The highest BCUT2D eigenvalue weighted by atomic mass is 16.5. The molecule has 0 spiro atoms. The first-order chi connectivity index (χ1) is 12.6. The molecule has 6 heteroatoms. The van der Waals surface area contributed by atoms with E-state index in [0.29, 0.717) is 23.1 Å². The van der Waals surface area contributed by atoms with Crippen molar-refractivity contribution >= 4 is 17.5 Å². The Hall–Kier alpha value is -3.02. The molecular formula is C20H22N2O4. The van der Waals surface area contributed by atoms with Crippen molar-refractivity contribution in [1.82, 2.24) is 0 Å². The van der Waals surface area contributed by atoms with E-state index in [4.69, 9.17) is 15.2 Å². The molecular weight excluding hydrogens is 332 g/mol. The molecule has 6 nitrogen and oxygen atoms in total. The van der Waals surface area contributed by atoms with Crippen molar-refractivity contribution in [2.45, 2.75) is 31.8 Å². The minimum absolute atomic E-state index is 0.194. The van der Waals surface area contributed by atoms with E-state index in [-0.39, 0.29) is 12.5 Å². The number of hydrogen-bond donors (Lipinski definition) is 2. The maximum absolute atomic E-state index is 12.3. The van der Waals surface area contributed by atoms with Crippen LogP contribution in [0.2, 0.25) is 0 Å². The van der Waals surface area contributed by atoms with Gasteiger partial charge in [-0.25, -0.2) is 0 Å². The average molecular weight is 354 g/mol. The Balaban J connectivity index is 1.54. The van der Waals surface area contributed by atoms with Crippen LogP contribution in [-0.4, -0.2) is 24.5 Å². The Morgan fingerprint density at radius 2 is 1.58 bits per heavy atom. The van der Waals surface area contributed by atoms with Gasteiger partial charge in [-0.3, -0.25) is 9.59 Å². The first-order valence-corrected chi connectivity index (χ1v) is 8.69. The number of carbonyl (C=O) groups is 2. The molecule has 1 fully saturated rings. The van der Waals surface area contributed by atoms with E-state index < -0.39 is 5.91 Å². The summed E-state index contributed by atoms with van der Waals surface area (Å²) in [5.41, 5.74) is 6.21. The predicted molar refractivity (Wildman–Crippen MR) is 98.4 cm³/mol. The highest BCUT2D eigenvalue weighted by Crippen LogP contribution is 2.25. The molecule has 1 aliphatic carbocycles. The van der Waals surface area contributed by atoms with Crippen LogP contribution >= 0.6 is 0 Å². The number of hydrogen-bond acceptors (Lipinski definition) is 4. The minimum Gasteiger partial charge on any atom is -0.490 e. The first kappa shape index (κ1) is 17.8. The third-order valence-corrected chi connectivity index (χ3v) is 4.21. The number of nitrogens with two attached hydrogens (primary N) is 1. The van der Waals surface area contributed by atoms with Crippen molar-refractivity contribution in [3.05, 3.63) is 54.1 Å². The second-order valence-corrected chi connectivity index (χ2v) is 6.28. The smallest absolute Gasteiger partial charge is 0.255 e. The van der Waals surface area contributed by atoms with Gasteiger partial charge in [-0.2, -0.15) is 0 Å². The summed E-state index contributed by atoms with van der Waals surface area (Å²) in [6, 6.07) is 13.9. The molecule has 0 unspecified atom stereocenters. The second kappa shape index (κ2) is 8.38. The van der Waals surface area contributed by atoms with E-state index in [1.54, 1.807) is 24.3 Å². The number of benzene rings is 2. The number of nitrogens with one attached hydrogen (secondary N) is 1. The van der Waals surface area contributed by atoms with Gasteiger partial charge in [0, 0.05) is 11.3 Å². The van der Waals surface area contributed by atoms with Crippen LogP contribution in [0.25, 0.3) is 0 Å². The summed E-state index contributed by atoms with van der Waals surface area (Å²) in [5, 5.41) is 2.84. The van der Waals surface area contributed by atoms with E-state index in [2.05, 4.69) is 5.32 Å². The lowest BCUT2D eigenvalue weighted by Crippen LogP contribution is -2.20. The lowest BCUT2D eigenvalue weighted by Gasteiger charge is -2.13. The fourth-order valence-corrected chi connectivity index (χ4v) is 2.88. The number of carbonyl (C=O) groups excluding carboxylic acids is 2. The van der Waals surface area contributed by atoms with Crippen LogP contribution in [-0.2, 0) is 4.79 Å². The number of anilines is 1. The predicted octanol–water partition coefficient (Wildman–Crippen LogP) is 3.12. The summed E-state index contributed by atoms with van der Waals surface area (Å²) in [4.78, 5) is 23.0. The van der Waals surface area contributed by atoms with E-state index in [1.165, 1.54) is 12.8 Å². The topological polar surface area (TPSA) is 90.7 Å². The van der Waals surface area contributed by atoms with Gasteiger partial charge in [-0.15, -0.1) is 0 Å². The highest BCUT2D eigenvalue weighted by molar-refractivity contribution is 6.04. The van der Waals surface area contributed by atoms with Gasteiger partial charge in [0.15, 0.2) is 6.61 Å². The fourth-order valence-electron chi connectivity index (χ4n) is 2.88. The maximum atomic E-state index is 12.3. The Morgan fingerprint density at radius 3 is 2.19 bits per heavy atom. The van der Waals surface area contributed by atoms with Crippen LogP contribution in [0.1, 0.15) is 36.0 Å². The molecule has 0 heterocycles. The van der Waals surface area contributed by atoms with Gasteiger partial charge < -0.3 is 20.5 Å². The molecule has 0 atom stereocenters. The van der Waals surface area contributed by atoms with Crippen LogP contribution in [0.3, 0.4) is 0 Å². The quantitative estimate of drug-likeness (QED) is 0.799. The summed E-state index contributed by atoms with van der Waals surface area (Å²) < 4.78 is 11.1. The van der Waals surface area contributed by atoms with Gasteiger partial charge in [-0.1, -0.05) is 0 Å². The van der Waals surface area contributed by atoms with E-state index in [0.717, 1.165) is 18.6 Å². The molecule has 136 valence electrons. The SMILES string of the molecule is NC(=O)COc1ccc(C(=O)Nc2ccc(OC3CCCC3)cc2)cc1. The van der Waals surface area contributed by atoms with Gasteiger partial charge in [0.2, 0.25) is 0 Å². The Morgan fingerprint density at radius 1 is 0.962 bits per heavy atom. The van der Waals surface area contributed by atoms with E-state index in [1.807, 2.05) is 24.3 Å². The average Bonchev–Trinajstić information content (AvgIpc) is 3.15. The standard InChI is InChI=1S/C20H22N2O4/c21-19(23)13-25-16-9-5-14(6-10-16)20(24)22-15-7-11-18(12-8-15)26-17-3-1-2-4-17/h5-12,17H,1-4,13H2,(H2,21,23)(H,22,24). The highest BCUT2D eigenvalue weighted by Gasteiger charge is 2.16. The van der Waals surface area contributed by atoms with Crippen molar-refractivity contribution in [2.75, 3.05) is 11.9 Å². The first-order valence-electron chi connectivity index (χ1n) is 8.69. The molecule has 2 aromatic rings. The lowest BCUT2D eigenvalue weighted by atomic mass is 10.2. The zero-order valence-corrected chi connectivity index (χ0v) is 14.4. The van der Waals surface area contributed by atoms with Crippen LogP contribution in [0.15, 0.2) is 48.5 Å². The molecule has 0 bridgehead atoms. The Bertz CT molecular complexity index is 750. The molecule has 3 N–H and O–H groups in total. The monoisotopic (exact) mass is 354 g/mol. The van der Waals surface area contributed by atoms with Crippen LogP contribution in [0.4, 0.5) is 5.69 Å². The van der Waals surface area contributed by atoms with Crippen molar-refractivity contribution in [1.29, 1.82) is 0 Å². The molecule has 2 aromatic carbocycles. The lowest BCUT2D eigenvalue weighted by molar-refractivity contribution is -0.119. The normalized spacial score (nSPS) is 14.0. The van der Waals surface area contributed by atoms with Crippen molar-refractivity contribution in [3.8, 4) is 11.5 Å². The summed E-state index contributed by atoms with van der Waals surface area (Å²) in [6.45, 7) is -0.194. The van der Waals surface area contributed by atoms with Crippen molar-refractivity contribution in [2.24, 2.45) is 5.73 Å². The van der Waals surface area contributed by atoms with Crippen LogP contribution < -0.4 is 20.5 Å². The van der Waals surface area contributed by atoms with Gasteiger partial charge in [-0.05, 0) is 74.2 Å². The van der Waals surface area contributed by atoms with Gasteiger partial charge in [0.1, 0.15) is 11.5 Å². The number of amides is 2. The number of ether oxygens (including phenoxy) is 2. The van der Waals surface area contributed by atoms with Crippen molar-refractivity contribution < 1.29 is 19.1 Å². The molecule has 0 saturated heterocycles. The van der Waals surface area contributed by atoms with Gasteiger partial charge >= 0.3 is 0 Å². The van der Waals surface area contributed by atoms with E-state index in [9.17, 15) is 9.59 Å². The molecule has 26 heavy (non-hydrogen) atoms. The zero-order valence-electron chi connectivity index (χ0n) is 14.4. The molecule has 2 amide bonds. The second-order valence-electron chi connectivity index (χ2n) is 6.28. The molecule has 0 aliphatic heterocycles. The maximum Gasteiger partial charge on any atom is 0.255 e. The summed E-state index contributed by atoms with van der Waals surface area (Å²) in [7, 11) is 0. The molecule has 0 radical (unpaired) electrons. The van der Waals surface area contributed by atoms with Crippen LogP contribution in [0, 0.1) is 0 Å². The van der Waals surface area contributed by atoms with Gasteiger partial charge in [0.05, 0.1) is 6.10 Å². The summed E-state index contributed by atoms with van der Waals surface area (Å²) >= 11 is 0. The third kappa shape index (κ3) is 4.99.